The molecule has 1 aromatic rings. The van der Waals surface area contributed by atoms with Gasteiger partial charge in [0.05, 0.1) is 13.2 Å². The molecule has 296 valence electrons. The quantitative estimate of drug-likeness (QED) is 0.237. The number of epoxide rings is 2. The van der Waals surface area contributed by atoms with Crippen LogP contribution >= 0.6 is 0 Å². The van der Waals surface area contributed by atoms with Gasteiger partial charge in [-0.2, -0.15) is 0 Å². The fourth-order valence-electron chi connectivity index (χ4n) is 17.9. The molecule has 0 N–H and O–H groups in total. The summed E-state index contributed by atoms with van der Waals surface area (Å²) in [5.74, 6) is 10.6. The van der Waals surface area contributed by atoms with Crippen LogP contribution in [0.4, 0.5) is 0 Å². The average molecular weight is 737 g/mol. The Morgan fingerprint density at radius 1 is 0.481 bits per heavy atom. The Kier molecular flexibility index (Phi) is 7.38. The van der Waals surface area contributed by atoms with E-state index in [1.807, 2.05) is 0 Å². The zero-order valence-electron chi connectivity index (χ0n) is 34.9. The first kappa shape index (κ1) is 34.8. The lowest BCUT2D eigenvalue weighted by molar-refractivity contribution is -0.0249. The van der Waals surface area contributed by atoms with E-state index in [9.17, 15) is 0 Å². The van der Waals surface area contributed by atoms with E-state index < -0.39 is 0 Å². The van der Waals surface area contributed by atoms with Crippen LogP contribution in [0, 0.1) is 64.1 Å². The second kappa shape index (κ2) is 11.5. The zero-order chi connectivity index (χ0) is 36.6. The number of rotatable bonds is 9. The highest BCUT2D eigenvalue weighted by Gasteiger charge is 2.61. The van der Waals surface area contributed by atoms with Gasteiger partial charge in [0.2, 0.25) is 0 Å². The normalized spacial score (nSPS) is 48.7. The Morgan fingerprint density at radius 3 is 1.13 bits per heavy atom. The van der Waals surface area contributed by atoms with Crippen molar-refractivity contribution in [2.75, 3.05) is 13.2 Å². The number of hydrogen-bond acceptors (Lipinski definition) is 4. The molecule has 1 aromatic carbocycles. The molecule has 4 nitrogen and oxygen atoms in total. The van der Waals surface area contributed by atoms with Crippen LogP contribution < -0.4 is 9.47 Å². The summed E-state index contributed by atoms with van der Waals surface area (Å²) in [6, 6.07) is 2.82. The van der Waals surface area contributed by atoms with E-state index >= 15 is 0 Å². The molecule has 12 aliphatic carbocycles. The molecule has 2 aliphatic heterocycles. The smallest absolute Gasteiger partial charge is 0.132 e. The van der Waals surface area contributed by atoms with E-state index in [0.717, 1.165) is 66.5 Å². The summed E-state index contributed by atoms with van der Waals surface area (Å²) in [6.07, 6.45) is 26.2. The number of hydrogen-bond donors (Lipinski definition) is 0. The van der Waals surface area contributed by atoms with Crippen molar-refractivity contribution in [2.24, 2.45) is 64.1 Å². The molecule has 54 heavy (non-hydrogen) atoms. The summed E-state index contributed by atoms with van der Waals surface area (Å²) < 4.78 is 28.5. The summed E-state index contributed by atoms with van der Waals surface area (Å²) >= 11 is 0. The maximum atomic E-state index is 8.20. The van der Waals surface area contributed by atoms with Crippen LogP contribution in [0.1, 0.15) is 174 Å². The topological polar surface area (TPSA) is 43.5 Å². The van der Waals surface area contributed by atoms with Gasteiger partial charge in [-0.15, -0.1) is 0 Å². The van der Waals surface area contributed by atoms with Crippen LogP contribution in [0.25, 0.3) is 0 Å². The van der Waals surface area contributed by atoms with Crippen LogP contribution in [0.3, 0.4) is 0 Å². The predicted molar refractivity (Wildman–Crippen MR) is 213 cm³/mol. The van der Waals surface area contributed by atoms with Crippen LogP contribution in [-0.4, -0.2) is 37.6 Å². The molecule has 4 atom stereocenters. The predicted octanol–water partition coefficient (Wildman–Crippen LogP) is 11.5. The lowest BCUT2D eigenvalue weighted by atomic mass is 9.43. The second-order valence-corrected chi connectivity index (χ2v) is 25.1. The van der Waals surface area contributed by atoms with Crippen molar-refractivity contribution in [1.82, 2.24) is 0 Å². The van der Waals surface area contributed by atoms with Gasteiger partial charge in [0.15, 0.2) is 0 Å². The third-order valence-electron chi connectivity index (χ3n) is 18.6. The van der Waals surface area contributed by atoms with Gasteiger partial charge >= 0.3 is 0 Å². The van der Waals surface area contributed by atoms with Crippen molar-refractivity contribution in [1.29, 1.82) is 0 Å². The maximum Gasteiger partial charge on any atom is 0.132 e. The van der Waals surface area contributed by atoms with E-state index in [4.69, 9.17) is 18.9 Å². The van der Waals surface area contributed by atoms with E-state index in [1.165, 1.54) is 127 Å². The van der Waals surface area contributed by atoms with Gasteiger partial charge in [0.1, 0.15) is 35.9 Å². The monoisotopic (exact) mass is 737 g/mol. The van der Waals surface area contributed by atoms with E-state index in [0.29, 0.717) is 0 Å². The fourth-order valence-corrected chi connectivity index (χ4v) is 17.9. The van der Waals surface area contributed by atoms with Gasteiger partial charge in [-0.3, -0.25) is 0 Å². The Hall–Kier alpha value is -1.26. The van der Waals surface area contributed by atoms with Gasteiger partial charge in [0, 0.05) is 32.8 Å². The first-order valence-electron chi connectivity index (χ1n) is 23.5. The molecule has 2 heterocycles. The minimum absolute atomic E-state index is 0.0177. The van der Waals surface area contributed by atoms with E-state index in [2.05, 4.69) is 47.6 Å². The third kappa shape index (κ3) is 5.45. The molecule has 12 bridgehead atoms. The summed E-state index contributed by atoms with van der Waals surface area (Å²) in [6.45, 7) is 16.1. The van der Waals surface area contributed by atoms with Crippen molar-refractivity contribution in [3.05, 3.63) is 22.8 Å². The van der Waals surface area contributed by atoms with Gasteiger partial charge in [0.25, 0.3) is 0 Å². The molecule has 4 heteroatoms. The highest BCUT2D eigenvalue weighted by atomic mass is 16.6. The van der Waals surface area contributed by atoms with Crippen LogP contribution in [0.15, 0.2) is 6.07 Å². The Labute approximate surface area is 327 Å². The molecule has 0 aromatic heterocycles. The molecule has 14 aliphatic rings. The van der Waals surface area contributed by atoms with E-state index in [-0.39, 0.29) is 51.5 Å². The highest BCUT2D eigenvalue weighted by molar-refractivity contribution is 5.64. The molecule has 0 radical (unpaired) electrons. The zero-order valence-corrected chi connectivity index (χ0v) is 34.9. The molecular weight excluding hydrogens is 665 g/mol. The summed E-state index contributed by atoms with van der Waals surface area (Å²) in [7, 11) is 0. The molecule has 0 amide bonds. The highest BCUT2D eigenvalue weighted by Crippen LogP contribution is 2.71. The number of benzene rings is 1. The average Bonchev–Trinajstić information content (AvgIpc) is 3.98. The minimum atomic E-state index is -0.0217. The van der Waals surface area contributed by atoms with Crippen molar-refractivity contribution in [2.45, 2.75) is 198 Å². The second-order valence-electron chi connectivity index (χ2n) is 25.1. The van der Waals surface area contributed by atoms with Crippen molar-refractivity contribution in [3.8, 4) is 11.5 Å². The lowest BCUT2D eigenvalue weighted by Crippen LogP contribution is -2.54. The maximum absolute atomic E-state index is 8.20. The Bertz CT molecular complexity index is 1570. The van der Waals surface area contributed by atoms with Gasteiger partial charge in [-0.25, -0.2) is 0 Å². The van der Waals surface area contributed by atoms with Gasteiger partial charge in [-0.05, 0) is 186 Å². The van der Waals surface area contributed by atoms with E-state index in [1.54, 1.807) is 16.7 Å². The minimum Gasteiger partial charge on any atom is -0.487 e. The third-order valence-corrected chi connectivity index (χ3v) is 18.6. The lowest BCUT2D eigenvalue weighted by Gasteiger charge is -2.62. The van der Waals surface area contributed by atoms with Crippen LogP contribution in [0.2, 0.25) is 0 Å². The number of ether oxygens (including phenoxy) is 4. The van der Waals surface area contributed by atoms with Gasteiger partial charge < -0.3 is 18.9 Å². The first-order chi connectivity index (χ1) is 25.7. The van der Waals surface area contributed by atoms with Crippen LogP contribution in [-0.2, 0) is 25.7 Å². The molecule has 2 saturated heterocycles. The van der Waals surface area contributed by atoms with Crippen molar-refractivity contribution in [3.63, 3.8) is 0 Å². The Balaban J connectivity index is 1.15. The van der Waals surface area contributed by atoms with Crippen LogP contribution in [0.5, 0.6) is 11.5 Å². The van der Waals surface area contributed by atoms with Crippen molar-refractivity contribution < 1.29 is 18.9 Å². The standard InChI is InChI=1S/C50H72O4/c1-46(2,3)44(39-26-51-39)53-38-16-37(48-17-28-7-29(18-48)9-30(8-28)19-48)41(49-20-31-10-32(21-49)12-33(11-31)22-49)43(54-45(40-27-52-40)47(4,5)6)42(38)50-23-34-13-35(24-50)15-36(14-34)25-50/h16,28-36,39-40,44-45H,7-15,17-27H2,1-6H3. The van der Waals surface area contributed by atoms with Crippen molar-refractivity contribution >= 4 is 0 Å². The molecule has 14 fully saturated rings. The molecule has 0 spiro atoms. The molecule has 4 unspecified atom stereocenters. The molecule has 15 rings (SSSR count). The molecular formula is C50H72O4. The molecule has 12 saturated carbocycles. The summed E-state index contributed by atoms with van der Waals surface area (Å²) in [4.78, 5) is 0. The van der Waals surface area contributed by atoms with Gasteiger partial charge in [-0.1, -0.05) is 41.5 Å². The largest absolute Gasteiger partial charge is 0.487 e. The summed E-state index contributed by atoms with van der Waals surface area (Å²) in [5.41, 5.74) is 5.70. The Morgan fingerprint density at radius 2 is 0.796 bits per heavy atom. The summed E-state index contributed by atoms with van der Waals surface area (Å²) in [5, 5.41) is 0. The SMILES string of the molecule is CC(C)(C)C(Oc1cc(C23CC4CC(CC(C4)C2)C3)c(C23CC4CC(CC(C4)C2)C3)c(OC(C2CO2)C(C)(C)C)c1C12CC3CC(CC(C3)C1)C2)C1CO1. The first-order valence-corrected chi connectivity index (χ1v) is 23.5. The fraction of sp³-hybridized carbons (Fsp3) is 0.880.